The molecule has 3 N–H and O–H groups in total. The Kier molecular flexibility index (Phi) is 6.78. The van der Waals surface area contributed by atoms with Crippen molar-refractivity contribution >= 4 is 23.0 Å². The molecule has 0 spiro atoms. The highest BCUT2D eigenvalue weighted by Crippen LogP contribution is 2.18. The smallest absolute Gasteiger partial charge is 0.269 e. The van der Waals surface area contributed by atoms with E-state index < -0.39 is 4.92 Å². The van der Waals surface area contributed by atoms with E-state index in [0.717, 1.165) is 37.2 Å². The van der Waals surface area contributed by atoms with Gasteiger partial charge in [-0.25, -0.2) is 4.99 Å². The monoisotopic (exact) mass is 388 g/mol. The molecule has 1 aliphatic carbocycles. The van der Waals surface area contributed by atoms with Gasteiger partial charge in [-0.15, -0.1) is 11.3 Å². The molecule has 27 heavy (non-hydrogen) atoms. The first-order valence-electron chi connectivity index (χ1n) is 9.09. The SMILES string of the molecule is O=[N+]([O-])c1ccc(CN=C(NCc2cccs2)NC2CCC(O)CC2)cc1. The number of nitro groups is 1. The fraction of sp³-hybridized carbons (Fsp3) is 0.421. The maximum atomic E-state index is 10.8. The molecule has 8 heteroatoms. The van der Waals surface area contributed by atoms with Crippen LogP contribution in [0.1, 0.15) is 36.1 Å². The third-order valence-corrected chi connectivity index (χ3v) is 5.49. The number of guanidine groups is 1. The Morgan fingerprint density at radius 3 is 2.59 bits per heavy atom. The van der Waals surface area contributed by atoms with Crippen molar-refractivity contribution in [3.8, 4) is 0 Å². The van der Waals surface area contributed by atoms with Crippen molar-refractivity contribution < 1.29 is 10.0 Å². The molecule has 0 unspecified atom stereocenters. The predicted molar refractivity (Wildman–Crippen MR) is 107 cm³/mol. The van der Waals surface area contributed by atoms with Crippen molar-refractivity contribution in [3.63, 3.8) is 0 Å². The predicted octanol–water partition coefficient (Wildman–Crippen LogP) is 3.20. The van der Waals surface area contributed by atoms with E-state index in [0.29, 0.717) is 19.1 Å². The van der Waals surface area contributed by atoms with Crippen LogP contribution in [0, 0.1) is 10.1 Å². The Morgan fingerprint density at radius 1 is 1.22 bits per heavy atom. The van der Waals surface area contributed by atoms with Gasteiger partial charge in [-0.1, -0.05) is 18.2 Å². The molecule has 7 nitrogen and oxygen atoms in total. The second-order valence-electron chi connectivity index (χ2n) is 6.67. The maximum absolute atomic E-state index is 10.8. The van der Waals surface area contributed by atoms with E-state index in [9.17, 15) is 15.2 Å². The molecule has 1 saturated carbocycles. The number of nitrogens with zero attached hydrogens (tertiary/aromatic N) is 2. The molecule has 3 rings (SSSR count). The molecule has 0 amide bonds. The Bertz CT molecular complexity index is 754. The van der Waals surface area contributed by atoms with E-state index in [-0.39, 0.29) is 11.8 Å². The van der Waals surface area contributed by atoms with Crippen LogP contribution in [0.15, 0.2) is 46.8 Å². The average molecular weight is 388 g/mol. The van der Waals surface area contributed by atoms with E-state index in [1.54, 1.807) is 23.5 Å². The summed E-state index contributed by atoms with van der Waals surface area (Å²) in [5, 5.41) is 29.3. The number of nitro benzene ring substituents is 1. The van der Waals surface area contributed by atoms with Crippen molar-refractivity contribution in [2.75, 3.05) is 0 Å². The van der Waals surface area contributed by atoms with Gasteiger partial charge >= 0.3 is 0 Å². The zero-order valence-electron chi connectivity index (χ0n) is 15.0. The summed E-state index contributed by atoms with van der Waals surface area (Å²) < 4.78 is 0. The summed E-state index contributed by atoms with van der Waals surface area (Å²) >= 11 is 1.69. The zero-order chi connectivity index (χ0) is 19.1. The van der Waals surface area contributed by atoms with Crippen LogP contribution in [0.4, 0.5) is 5.69 Å². The Balaban J connectivity index is 1.63. The summed E-state index contributed by atoms with van der Waals surface area (Å²) in [4.78, 5) is 16.2. The Hall–Kier alpha value is -2.45. The number of aliphatic hydroxyl groups excluding tert-OH is 1. The van der Waals surface area contributed by atoms with Gasteiger partial charge < -0.3 is 15.7 Å². The molecule has 1 fully saturated rings. The lowest BCUT2D eigenvalue weighted by molar-refractivity contribution is -0.384. The maximum Gasteiger partial charge on any atom is 0.269 e. The number of hydrogen-bond acceptors (Lipinski definition) is 5. The average Bonchev–Trinajstić information content (AvgIpc) is 3.19. The quantitative estimate of drug-likeness (QED) is 0.305. The van der Waals surface area contributed by atoms with Crippen molar-refractivity contribution in [1.82, 2.24) is 10.6 Å². The molecule has 1 aromatic heterocycles. The highest BCUT2D eigenvalue weighted by Gasteiger charge is 2.20. The van der Waals surface area contributed by atoms with E-state index in [4.69, 9.17) is 0 Å². The lowest BCUT2D eigenvalue weighted by Gasteiger charge is -2.27. The highest BCUT2D eigenvalue weighted by atomic mass is 32.1. The van der Waals surface area contributed by atoms with Crippen LogP contribution in [-0.4, -0.2) is 28.1 Å². The topological polar surface area (TPSA) is 99.8 Å². The number of non-ortho nitro benzene ring substituents is 1. The number of nitrogens with one attached hydrogen (secondary N) is 2. The van der Waals surface area contributed by atoms with Crippen LogP contribution in [0.3, 0.4) is 0 Å². The normalized spacial score (nSPS) is 20.3. The van der Waals surface area contributed by atoms with Crippen molar-refractivity contribution in [3.05, 3.63) is 62.3 Å². The number of thiophene rings is 1. The molecule has 0 saturated heterocycles. The summed E-state index contributed by atoms with van der Waals surface area (Å²) in [6, 6.07) is 10.8. The number of aliphatic hydroxyl groups is 1. The van der Waals surface area contributed by atoms with Crippen molar-refractivity contribution in [2.24, 2.45) is 4.99 Å². The summed E-state index contributed by atoms with van der Waals surface area (Å²) in [6.07, 6.45) is 3.25. The van der Waals surface area contributed by atoms with Gasteiger partial charge in [0.25, 0.3) is 5.69 Å². The molecule has 0 bridgehead atoms. The summed E-state index contributed by atoms with van der Waals surface area (Å²) in [5.74, 6) is 0.725. The summed E-state index contributed by atoms with van der Waals surface area (Å²) in [7, 11) is 0. The number of aliphatic imine (C=N–C) groups is 1. The van der Waals surface area contributed by atoms with Crippen molar-refractivity contribution in [1.29, 1.82) is 0 Å². The zero-order valence-corrected chi connectivity index (χ0v) is 15.8. The highest BCUT2D eigenvalue weighted by molar-refractivity contribution is 7.09. The van der Waals surface area contributed by atoms with Gasteiger partial charge in [0.05, 0.1) is 24.1 Å². The van der Waals surface area contributed by atoms with Gasteiger partial charge in [-0.05, 0) is 42.7 Å². The van der Waals surface area contributed by atoms with Gasteiger partial charge in [0.2, 0.25) is 0 Å². The molecule has 0 atom stereocenters. The molecule has 1 heterocycles. The first-order chi connectivity index (χ1) is 13.1. The van der Waals surface area contributed by atoms with Gasteiger partial charge in [0, 0.05) is 23.1 Å². The van der Waals surface area contributed by atoms with E-state index in [2.05, 4.69) is 21.7 Å². The molecule has 1 aromatic carbocycles. The third-order valence-electron chi connectivity index (χ3n) is 4.61. The van der Waals surface area contributed by atoms with Gasteiger partial charge in [-0.3, -0.25) is 10.1 Å². The van der Waals surface area contributed by atoms with Crippen molar-refractivity contribution in [2.45, 2.75) is 50.9 Å². The Labute approximate surface area is 162 Å². The van der Waals surface area contributed by atoms with Gasteiger partial charge in [0.15, 0.2) is 5.96 Å². The molecular weight excluding hydrogens is 364 g/mol. The minimum atomic E-state index is -0.403. The second kappa shape index (κ2) is 9.48. The molecular formula is C19H24N4O3S. The standard InChI is InChI=1S/C19H24N4O3S/c24-17-9-5-15(6-10-17)22-19(21-13-18-2-1-11-27-18)20-12-14-3-7-16(8-4-14)23(25)26/h1-4,7-8,11,15,17,24H,5-6,9-10,12-13H2,(H2,20,21,22). The van der Waals surface area contributed by atoms with E-state index in [1.165, 1.54) is 17.0 Å². The summed E-state index contributed by atoms with van der Waals surface area (Å²) in [5.41, 5.74) is 0.995. The third kappa shape index (κ3) is 6.04. The molecule has 144 valence electrons. The molecule has 0 aliphatic heterocycles. The van der Waals surface area contributed by atoms with E-state index >= 15 is 0 Å². The van der Waals surface area contributed by atoms with E-state index in [1.807, 2.05) is 11.4 Å². The van der Waals surface area contributed by atoms with Crippen LogP contribution < -0.4 is 10.6 Å². The summed E-state index contributed by atoms with van der Waals surface area (Å²) in [6.45, 7) is 1.13. The second-order valence-corrected chi connectivity index (χ2v) is 7.70. The van der Waals surface area contributed by atoms with Crippen LogP contribution in [0.5, 0.6) is 0 Å². The first-order valence-corrected chi connectivity index (χ1v) is 9.97. The molecule has 1 aliphatic rings. The first kappa shape index (κ1) is 19.3. The van der Waals surface area contributed by atoms with Gasteiger partial charge in [0.1, 0.15) is 0 Å². The van der Waals surface area contributed by atoms with Gasteiger partial charge in [-0.2, -0.15) is 0 Å². The largest absolute Gasteiger partial charge is 0.393 e. The van der Waals surface area contributed by atoms with Crippen LogP contribution in [0.2, 0.25) is 0 Å². The minimum absolute atomic E-state index is 0.0812. The number of rotatable bonds is 6. The Morgan fingerprint density at radius 2 is 1.96 bits per heavy atom. The lowest BCUT2D eigenvalue weighted by Crippen LogP contribution is -2.45. The lowest BCUT2D eigenvalue weighted by atomic mass is 9.93. The fourth-order valence-corrected chi connectivity index (χ4v) is 3.69. The van der Waals surface area contributed by atoms with Crippen LogP contribution >= 0.6 is 11.3 Å². The molecule has 2 aromatic rings. The van der Waals surface area contributed by atoms with Crippen LogP contribution in [0.25, 0.3) is 0 Å². The van der Waals surface area contributed by atoms with Crippen LogP contribution in [-0.2, 0) is 13.1 Å². The number of benzene rings is 1. The molecule has 0 radical (unpaired) electrons. The number of hydrogen-bond donors (Lipinski definition) is 3. The fourth-order valence-electron chi connectivity index (χ4n) is 3.04. The minimum Gasteiger partial charge on any atom is -0.393 e.